The van der Waals surface area contributed by atoms with Crippen LogP contribution in [0.1, 0.15) is 73.1 Å². The second kappa shape index (κ2) is 8.52. The summed E-state index contributed by atoms with van der Waals surface area (Å²) >= 11 is 0. The van der Waals surface area contributed by atoms with E-state index in [0.717, 1.165) is 6.42 Å². The molecule has 4 fully saturated rings. The lowest BCUT2D eigenvalue weighted by atomic mass is 9.65. The molecule has 0 aromatic heterocycles. The molecule has 9 heteroatoms. The summed E-state index contributed by atoms with van der Waals surface area (Å²) in [6, 6.07) is 0. The van der Waals surface area contributed by atoms with E-state index in [1.165, 1.54) is 0 Å². The molecule has 4 aliphatic rings. The van der Waals surface area contributed by atoms with Crippen LogP contribution < -0.4 is 0 Å². The summed E-state index contributed by atoms with van der Waals surface area (Å²) in [6.45, 7) is 10.3. The van der Waals surface area contributed by atoms with Gasteiger partial charge < -0.3 is 9.84 Å². The Kier molecular flexibility index (Phi) is 6.59. The molecule has 0 heterocycles. The van der Waals surface area contributed by atoms with Crippen molar-refractivity contribution in [2.24, 2.45) is 58.7 Å². The maximum atomic E-state index is 13.3. The summed E-state index contributed by atoms with van der Waals surface area (Å²) in [4.78, 5) is 13.1. The van der Waals surface area contributed by atoms with Crippen LogP contribution in [0.15, 0.2) is 0 Å². The smallest absolute Gasteiger partial charge is 0.426 e. The monoisotopic (exact) mass is 512 g/mol. The first-order valence-corrected chi connectivity index (χ1v) is 12.9. The lowest BCUT2D eigenvalue weighted by Gasteiger charge is -2.43. The molecule has 0 aromatic carbocycles. The summed E-state index contributed by atoms with van der Waals surface area (Å²) in [7, 11) is 0. The van der Waals surface area contributed by atoms with E-state index in [0.29, 0.717) is 19.3 Å². The molecule has 0 spiro atoms. The Hall–Kier alpha value is -0.990. The number of hydrogen-bond donors (Lipinski definition) is 1. The van der Waals surface area contributed by atoms with Gasteiger partial charge in [0.1, 0.15) is 6.10 Å². The molecule has 3 nitrogen and oxygen atoms in total. The van der Waals surface area contributed by atoms with Gasteiger partial charge in [0, 0.05) is 0 Å². The average molecular weight is 513 g/mol. The van der Waals surface area contributed by atoms with Gasteiger partial charge in [-0.3, -0.25) is 4.79 Å². The first kappa shape index (κ1) is 27.1. The highest BCUT2D eigenvalue weighted by Gasteiger charge is 2.73. The number of esters is 1. The molecule has 4 bridgehead atoms. The molecule has 0 radical (unpaired) electrons. The van der Waals surface area contributed by atoms with Crippen LogP contribution in [0.3, 0.4) is 0 Å². The number of carbonyl (C=O) groups excluding carboxylic acids is 1. The predicted octanol–water partition coefficient (Wildman–Crippen LogP) is 6.78. The molecule has 202 valence electrons. The van der Waals surface area contributed by atoms with Crippen molar-refractivity contribution in [1.82, 2.24) is 0 Å². The van der Waals surface area contributed by atoms with Gasteiger partial charge in [-0.05, 0) is 91.3 Å². The quantitative estimate of drug-likeness (QED) is 0.242. The summed E-state index contributed by atoms with van der Waals surface area (Å²) < 4.78 is 85.8. The van der Waals surface area contributed by atoms with Crippen molar-refractivity contribution in [3.8, 4) is 0 Å². The van der Waals surface area contributed by atoms with Crippen molar-refractivity contribution in [2.45, 2.75) is 97.2 Å². The number of carbonyl (C=O) groups is 1. The maximum Gasteiger partial charge on any atom is 0.426 e. The molecule has 4 saturated carbocycles. The first-order chi connectivity index (χ1) is 15.8. The molecular formula is C26H38F6O3. The molecule has 0 aliphatic heterocycles. The van der Waals surface area contributed by atoms with Crippen LogP contribution in [0.25, 0.3) is 0 Å². The van der Waals surface area contributed by atoms with Crippen molar-refractivity contribution in [1.29, 1.82) is 0 Å². The van der Waals surface area contributed by atoms with Crippen molar-refractivity contribution in [3.63, 3.8) is 0 Å². The van der Waals surface area contributed by atoms with E-state index in [4.69, 9.17) is 4.74 Å². The lowest BCUT2D eigenvalue weighted by molar-refractivity contribution is -0.373. The topological polar surface area (TPSA) is 46.5 Å². The van der Waals surface area contributed by atoms with Gasteiger partial charge in [0.05, 0.1) is 5.92 Å². The van der Waals surface area contributed by atoms with Crippen LogP contribution in [-0.4, -0.2) is 35.1 Å². The Balaban J connectivity index is 1.43. The van der Waals surface area contributed by atoms with Crippen molar-refractivity contribution in [2.75, 3.05) is 0 Å². The molecule has 4 rings (SSSR count). The molecule has 1 N–H and O–H groups in total. The highest BCUT2D eigenvalue weighted by molar-refractivity contribution is 5.73. The Labute approximate surface area is 203 Å². The molecule has 4 aliphatic carbocycles. The van der Waals surface area contributed by atoms with E-state index < -0.39 is 30.3 Å². The molecule has 9 unspecified atom stereocenters. The molecule has 0 saturated heterocycles. The fraction of sp³-hybridized carbons (Fsp3) is 0.962. The van der Waals surface area contributed by atoms with Crippen LogP contribution in [0.2, 0.25) is 0 Å². The third-order valence-corrected chi connectivity index (χ3v) is 9.60. The lowest BCUT2D eigenvalue weighted by Crippen LogP contribution is -2.58. The summed E-state index contributed by atoms with van der Waals surface area (Å²) in [6.07, 6.45) is -10.0. The fourth-order valence-electron chi connectivity index (χ4n) is 8.31. The molecular weight excluding hydrogens is 474 g/mol. The van der Waals surface area contributed by atoms with Crippen LogP contribution >= 0.6 is 0 Å². The Morgan fingerprint density at radius 3 is 1.91 bits per heavy atom. The molecule has 35 heavy (non-hydrogen) atoms. The highest BCUT2D eigenvalue weighted by Crippen LogP contribution is 2.70. The Morgan fingerprint density at radius 2 is 1.40 bits per heavy atom. The number of fused-ring (bicyclic) bond motifs is 9. The van der Waals surface area contributed by atoms with E-state index >= 15 is 0 Å². The number of ether oxygens (including phenoxy) is 1. The maximum absolute atomic E-state index is 13.3. The second-order valence-corrected chi connectivity index (χ2v) is 13.4. The minimum absolute atomic E-state index is 0.0257. The predicted molar refractivity (Wildman–Crippen MR) is 117 cm³/mol. The highest BCUT2D eigenvalue weighted by atomic mass is 19.4. The van der Waals surface area contributed by atoms with Crippen LogP contribution in [0.4, 0.5) is 26.3 Å². The minimum atomic E-state index is -5.76. The van der Waals surface area contributed by atoms with Crippen LogP contribution in [-0.2, 0) is 9.53 Å². The molecule has 9 atom stereocenters. The van der Waals surface area contributed by atoms with Crippen LogP contribution in [0.5, 0.6) is 0 Å². The SMILES string of the molecule is CC(C)C(CC(C)(C)C)C(=O)OC1CC2CC1C1C3CC(CC(O)(C(F)(F)F)C(F)(F)F)C(C3)C21. The van der Waals surface area contributed by atoms with Gasteiger partial charge in [-0.1, -0.05) is 34.6 Å². The number of alkyl halides is 6. The van der Waals surface area contributed by atoms with E-state index in [1.807, 2.05) is 13.8 Å². The Morgan fingerprint density at radius 1 is 0.886 bits per heavy atom. The normalized spacial score (nSPS) is 37.7. The zero-order valence-corrected chi connectivity index (χ0v) is 21.0. The van der Waals surface area contributed by atoms with Gasteiger partial charge in [-0.2, -0.15) is 26.3 Å². The zero-order valence-electron chi connectivity index (χ0n) is 21.0. The second-order valence-electron chi connectivity index (χ2n) is 13.4. The summed E-state index contributed by atoms with van der Waals surface area (Å²) in [5, 5.41) is 9.76. The zero-order chi connectivity index (χ0) is 26.3. The standard InChI is InChI=1S/C26H38F6O3/c1-12(2)18(11-23(3,4)5)22(33)35-19-9-14-8-17(19)21-13-6-15(16(7-13)20(14)21)10-24(34,25(27,28)29)26(30,31)32/h12-21,34H,6-11H2,1-5H3. The van der Waals surface area contributed by atoms with E-state index in [2.05, 4.69) is 20.8 Å². The number of rotatable bonds is 6. The number of hydrogen-bond acceptors (Lipinski definition) is 3. The molecule has 0 amide bonds. The average Bonchev–Trinajstić information content (AvgIpc) is 3.41. The van der Waals surface area contributed by atoms with Gasteiger partial charge in [0.25, 0.3) is 5.60 Å². The molecule has 0 aromatic rings. The largest absolute Gasteiger partial charge is 0.462 e. The fourth-order valence-corrected chi connectivity index (χ4v) is 8.31. The van der Waals surface area contributed by atoms with Gasteiger partial charge >= 0.3 is 18.3 Å². The first-order valence-electron chi connectivity index (χ1n) is 12.9. The van der Waals surface area contributed by atoms with Crippen molar-refractivity contribution >= 4 is 5.97 Å². The minimum Gasteiger partial charge on any atom is -0.462 e. The van der Waals surface area contributed by atoms with Crippen molar-refractivity contribution in [3.05, 3.63) is 0 Å². The van der Waals surface area contributed by atoms with Gasteiger partial charge in [0.2, 0.25) is 0 Å². The van der Waals surface area contributed by atoms with Gasteiger partial charge in [-0.15, -0.1) is 0 Å². The summed E-state index contributed by atoms with van der Waals surface area (Å²) in [5.74, 6) is -0.712. The third-order valence-electron chi connectivity index (χ3n) is 9.60. The van der Waals surface area contributed by atoms with Gasteiger partial charge in [0.15, 0.2) is 0 Å². The van der Waals surface area contributed by atoms with Gasteiger partial charge in [-0.25, -0.2) is 0 Å². The van der Waals surface area contributed by atoms with E-state index in [-0.39, 0.29) is 71.3 Å². The number of aliphatic hydroxyl groups is 1. The number of halogens is 6. The Bertz CT molecular complexity index is 799. The van der Waals surface area contributed by atoms with E-state index in [9.17, 15) is 36.2 Å². The van der Waals surface area contributed by atoms with Crippen molar-refractivity contribution < 1.29 is 41.0 Å². The third kappa shape index (κ3) is 4.61. The van der Waals surface area contributed by atoms with E-state index in [1.54, 1.807) is 0 Å². The summed E-state index contributed by atoms with van der Waals surface area (Å²) in [5.41, 5.74) is -4.69. The van der Waals surface area contributed by atoms with Crippen LogP contribution in [0, 0.1) is 58.7 Å².